The first-order chi connectivity index (χ1) is 12.8. The molecule has 0 saturated heterocycles. The van der Waals surface area contributed by atoms with Crippen molar-refractivity contribution < 1.29 is 0 Å². The molecule has 0 aromatic carbocycles. The zero-order chi connectivity index (χ0) is 19.1. The number of hydrogen-bond donors (Lipinski definition) is 1. The van der Waals surface area contributed by atoms with Gasteiger partial charge in [0.1, 0.15) is 0 Å². The molecule has 0 amide bonds. The van der Waals surface area contributed by atoms with E-state index in [4.69, 9.17) is 5.73 Å². The Bertz CT molecular complexity index is 308. The first kappa shape index (κ1) is 25.2. The van der Waals surface area contributed by atoms with Gasteiger partial charge in [0, 0.05) is 0 Å². The largest absolute Gasteiger partial charge is 0.330 e. The molecule has 2 N–H and O–H groups in total. The molecule has 0 fully saturated rings. The highest BCUT2D eigenvalue weighted by Gasteiger charge is 2.04. The van der Waals surface area contributed by atoms with Gasteiger partial charge in [-0.1, -0.05) is 82.1 Å². The first-order valence-corrected chi connectivity index (χ1v) is 11.4. The third-order valence-electron chi connectivity index (χ3n) is 5.22. The molecular weight excluding hydrogens is 314 g/mol. The Balaban J connectivity index is 3.25. The van der Waals surface area contributed by atoms with E-state index in [1.54, 1.807) is 0 Å². The maximum absolute atomic E-state index is 5.51. The Hall–Kier alpha value is -0.820. The van der Waals surface area contributed by atoms with Gasteiger partial charge < -0.3 is 5.73 Å². The maximum Gasteiger partial charge on any atom is -0.00773 e. The molecule has 0 unspecified atom stereocenters. The van der Waals surface area contributed by atoms with E-state index >= 15 is 0 Å². The summed E-state index contributed by atoms with van der Waals surface area (Å²) < 4.78 is 0. The summed E-state index contributed by atoms with van der Waals surface area (Å²) >= 11 is 0. The molecule has 0 aromatic rings. The van der Waals surface area contributed by atoms with Crippen molar-refractivity contribution in [1.29, 1.82) is 0 Å². The van der Waals surface area contributed by atoms with Crippen LogP contribution in [0.3, 0.4) is 0 Å². The molecule has 0 radical (unpaired) electrons. The van der Waals surface area contributed by atoms with E-state index in [0.29, 0.717) is 0 Å². The molecule has 0 aliphatic heterocycles. The Kier molecular flexibility index (Phi) is 21.5. The monoisotopic (exact) mass is 361 g/mol. The van der Waals surface area contributed by atoms with Gasteiger partial charge in [0.15, 0.2) is 0 Å². The standard InChI is InChI=1S/C25H47N/c1-3-21-25(22-4-2)23-19-17-15-13-11-9-7-5-6-8-10-12-14-16-18-20-24-26/h3-5,7,25H,1-2,6,8-24,26H2/b7-5-. The summed E-state index contributed by atoms with van der Waals surface area (Å²) in [6.45, 7) is 8.59. The van der Waals surface area contributed by atoms with Crippen molar-refractivity contribution in [2.45, 2.75) is 109 Å². The van der Waals surface area contributed by atoms with Gasteiger partial charge in [-0.3, -0.25) is 0 Å². The van der Waals surface area contributed by atoms with Crippen LogP contribution in [0.25, 0.3) is 0 Å². The quantitative estimate of drug-likeness (QED) is 0.162. The molecule has 0 saturated carbocycles. The molecular formula is C25H47N. The second kappa shape index (κ2) is 22.2. The molecule has 0 bridgehead atoms. The zero-order valence-electron chi connectivity index (χ0n) is 17.6. The topological polar surface area (TPSA) is 26.0 Å². The average molecular weight is 362 g/mol. The van der Waals surface area contributed by atoms with Crippen LogP contribution in [0.15, 0.2) is 37.5 Å². The molecule has 0 aliphatic rings. The average Bonchev–Trinajstić information content (AvgIpc) is 2.64. The van der Waals surface area contributed by atoms with Crippen LogP contribution in [-0.4, -0.2) is 6.54 Å². The van der Waals surface area contributed by atoms with Gasteiger partial charge >= 0.3 is 0 Å². The molecule has 0 heterocycles. The van der Waals surface area contributed by atoms with E-state index in [2.05, 4.69) is 37.5 Å². The minimum Gasteiger partial charge on any atom is -0.330 e. The van der Waals surface area contributed by atoms with Crippen molar-refractivity contribution in [3.8, 4) is 0 Å². The minimum atomic E-state index is 0.777. The molecule has 0 aliphatic carbocycles. The molecule has 152 valence electrons. The maximum atomic E-state index is 5.51. The molecule has 0 spiro atoms. The lowest BCUT2D eigenvalue weighted by Gasteiger charge is -2.12. The number of nitrogens with two attached hydrogens (primary N) is 1. The summed E-state index contributed by atoms with van der Waals surface area (Å²) in [6, 6.07) is 0. The van der Waals surface area contributed by atoms with Crippen molar-refractivity contribution in [1.82, 2.24) is 0 Å². The highest BCUT2D eigenvalue weighted by molar-refractivity contribution is 4.81. The van der Waals surface area contributed by atoms with Crippen molar-refractivity contribution in [3.63, 3.8) is 0 Å². The van der Waals surface area contributed by atoms with E-state index in [1.807, 2.05) is 0 Å². The summed E-state index contributed by atoms with van der Waals surface area (Å²) in [6.07, 6.45) is 31.5. The van der Waals surface area contributed by atoms with Crippen molar-refractivity contribution in [3.05, 3.63) is 37.5 Å². The van der Waals surface area contributed by atoms with E-state index in [0.717, 1.165) is 25.3 Å². The fraction of sp³-hybridized carbons (Fsp3) is 0.760. The molecule has 1 nitrogen and oxygen atoms in total. The molecule has 0 atom stereocenters. The van der Waals surface area contributed by atoms with Crippen molar-refractivity contribution in [2.24, 2.45) is 11.7 Å². The highest BCUT2D eigenvalue weighted by Crippen LogP contribution is 2.19. The summed E-state index contributed by atoms with van der Waals surface area (Å²) in [5.74, 6) is 0.777. The van der Waals surface area contributed by atoms with Gasteiger partial charge in [-0.2, -0.15) is 0 Å². The Morgan fingerprint density at radius 1 is 0.577 bits per heavy atom. The Labute approximate surface area is 165 Å². The summed E-state index contributed by atoms with van der Waals surface area (Å²) in [7, 11) is 0. The number of hydrogen-bond acceptors (Lipinski definition) is 1. The van der Waals surface area contributed by atoms with Crippen LogP contribution in [0.1, 0.15) is 109 Å². The van der Waals surface area contributed by atoms with Crippen LogP contribution in [0, 0.1) is 5.92 Å². The normalized spacial score (nSPS) is 11.5. The smallest absolute Gasteiger partial charge is 0.00773 e. The second-order valence-corrected chi connectivity index (χ2v) is 7.78. The fourth-order valence-electron chi connectivity index (χ4n) is 3.55. The molecule has 0 aromatic heterocycles. The van der Waals surface area contributed by atoms with Crippen LogP contribution in [-0.2, 0) is 0 Å². The third kappa shape index (κ3) is 19.5. The summed E-state index contributed by atoms with van der Waals surface area (Å²) in [4.78, 5) is 0. The predicted molar refractivity (Wildman–Crippen MR) is 121 cm³/mol. The molecule has 1 heteroatoms. The third-order valence-corrected chi connectivity index (χ3v) is 5.22. The SMILES string of the molecule is C=CCC(CC=C)CCCCCCC/C=C\CCCCCCCCCN. The summed E-state index contributed by atoms with van der Waals surface area (Å²) in [5, 5.41) is 0. The Morgan fingerprint density at radius 2 is 1.00 bits per heavy atom. The lowest BCUT2D eigenvalue weighted by Crippen LogP contribution is -1.97. The predicted octanol–water partition coefficient (Wildman–Crippen LogP) is 8.12. The van der Waals surface area contributed by atoms with Crippen LogP contribution < -0.4 is 5.73 Å². The highest BCUT2D eigenvalue weighted by atomic mass is 14.5. The van der Waals surface area contributed by atoms with Crippen molar-refractivity contribution >= 4 is 0 Å². The van der Waals surface area contributed by atoms with Crippen LogP contribution in [0.4, 0.5) is 0 Å². The van der Waals surface area contributed by atoms with Gasteiger partial charge in [0.05, 0.1) is 0 Å². The van der Waals surface area contributed by atoms with Gasteiger partial charge in [0.25, 0.3) is 0 Å². The fourth-order valence-corrected chi connectivity index (χ4v) is 3.55. The van der Waals surface area contributed by atoms with Gasteiger partial charge in [-0.15, -0.1) is 13.2 Å². The van der Waals surface area contributed by atoms with E-state index in [1.165, 1.54) is 96.3 Å². The van der Waals surface area contributed by atoms with Gasteiger partial charge in [0.2, 0.25) is 0 Å². The lowest BCUT2D eigenvalue weighted by atomic mass is 9.94. The van der Waals surface area contributed by atoms with Gasteiger partial charge in [-0.05, 0) is 63.8 Å². The number of allylic oxidation sites excluding steroid dienone is 4. The van der Waals surface area contributed by atoms with E-state index in [9.17, 15) is 0 Å². The van der Waals surface area contributed by atoms with Crippen LogP contribution in [0.2, 0.25) is 0 Å². The number of rotatable bonds is 21. The Morgan fingerprint density at radius 3 is 1.46 bits per heavy atom. The minimum absolute atomic E-state index is 0.777. The zero-order valence-corrected chi connectivity index (χ0v) is 17.6. The molecule has 0 rings (SSSR count). The van der Waals surface area contributed by atoms with Gasteiger partial charge in [-0.25, -0.2) is 0 Å². The van der Waals surface area contributed by atoms with Crippen LogP contribution >= 0.6 is 0 Å². The van der Waals surface area contributed by atoms with E-state index < -0.39 is 0 Å². The molecule has 26 heavy (non-hydrogen) atoms. The van der Waals surface area contributed by atoms with Crippen molar-refractivity contribution in [2.75, 3.05) is 6.54 Å². The van der Waals surface area contributed by atoms with Crippen LogP contribution in [0.5, 0.6) is 0 Å². The lowest BCUT2D eigenvalue weighted by molar-refractivity contribution is 0.459. The number of unbranched alkanes of at least 4 members (excludes halogenated alkanes) is 12. The second-order valence-electron chi connectivity index (χ2n) is 7.78. The first-order valence-electron chi connectivity index (χ1n) is 11.4. The summed E-state index contributed by atoms with van der Waals surface area (Å²) in [5.41, 5.74) is 5.51. The van der Waals surface area contributed by atoms with E-state index in [-0.39, 0.29) is 0 Å².